The lowest BCUT2D eigenvalue weighted by Gasteiger charge is -2.18. The molecule has 4 heterocycles. The van der Waals surface area contributed by atoms with Gasteiger partial charge in [0, 0.05) is 10.6 Å². The van der Waals surface area contributed by atoms with Crippen molar-refractivity contribution in [3.8, 4) is 0 Å². The van der Waals surface area contributed by atoms with Crippen LogP contribution in [0.1, 0.15) is 4.88 Å². The minimum Gasteiger partial charge on any atom is -0.861 e. The molecule has 0 unspecified atom stereocenters. The lowest BCUT2D eigenvalue weighted by atomic mass is 10.3. The summed E-state index contributed by atoms with van der Waals surface area (Å²) in [7, 11) is 0. The summed E-state index contributed by atoms with van der Waals surface area (Å²) in [6, 6.07) is 13.1. The number of thioether (sulfide) groups is 1. The van der Waals surface area contributed by atoms with Gasteiger partial charge in [-0.3, -0.25) is 14.2 Å². The fourth-order valence-electron chi connectivity index (χ4n) is 3.36. The third-order valence-corrected chi connectivity index (χ3v) is 6.69. The van der Waals surface area contributed by atoms with Crippen LogP contribution in [0.5, 0.6) is 0 Å². The van der Waals surface area contributed by atoms with Gasteiger partial charge in [0.2, 0.25) is 5.27 Å². The Morgan fingerprint density at radius 3 is 2.82 bits per heavy atom. The van der Waals surface area contributed by atoms with Crippen molar-refractivity contribution < 1.29 is 24.0 Å². The molecule has 10 nitrogen and oxygen atoms in total. The Labute approximate surface area is 203 Å². The van der Waals surface area contributed by atoms with Gasteiger partial charge < -0.3 is 9.84 Å². The molecule has 174 valence electrons. The average molecular weight is 497 g/mol. The van der Waals surface area contributed by atoms with Crippen LogP contribution in [0.25, 0.3) is 6.08 Å². The highest BCUT2D eigenvalue weighted by Crippen LogP contribution is 2.29. The zero-order valence-electron chi connectivity index (χ0n) is 17.9. The third-order valence-electron chi connectivity index (χ3n) is 4.95. The van der Waals surface area contributed by atoms with Crippen LogP contribution in [0, 0.1) is 0 Å². The summed E-state index contributed by atoms with van der Waals surface area (Å²) in [6.45, 7) is 2.54. The SMILES string of the molecule is O=C1/C(=C\c2cccs2)N=C(SC/C([O-])=N/c2c[n+](N3CCOCC3)no2)N1c1ccccc1. The number of para-hydroxylation sites is 1. The van der Waals surface area contributed by atoms with Crippen molar-refractivity contribution in [2.45, 2.75) is 0 Å². The molecule has 12 heteroatoms. The summed E-state index contributed by atoms with van der Waals surface area (Å²) in [5.74, 6) is -0.567. The van der Waals surface area contributed by atoms with Crippen molar-refractivity contribution >= 4 is 57.7 Å². The maximum atomic E-state index is 13.1. The van der Waals surface area contributed by atoms with Gasteiger partial charge in [0.15, 0.2) is 5.17 Å². The second kappa shape index (κ2) is 10.2. The van der Waals surface area contributed by atoms with Crippen molar-refractivity contribution in [1.29, 1.82) is 0 Å². The van der Waals surface area contributed by atoms with Gasteiger partial charge in [-0.15, -0.1) is 16.3 Å². The molecule has 0 atom stereocenters. The standard InChI is InChI=1S/C22H20N6O4S2/c29-19(24-20-14-27(25-32-20)26-8-10-31-11-9-26)15-34-22-23-18(13-17-7-4-12-33-17)21(30)28(22)16-5-2-1-3-6-16/h1-7,12-14H,8-11,15H2/b18-13+. The highest BCUT2D eigenvalue weighted by molar-refractivity contribution is 8.14. The highest BCUT2D eigenvalue weighted by atomic mass is 32.2. The van der Waals surface area contributed by atoms with Crippen LogP contribution in [0.2, 0.25) is 0 Å². The number of ether oxygens (including phenoxy) is 1. The first kappa shape index (κ1) is 22.3. The normalized spacial score (nSPS) is 18.1. The van der Waals surface area contributed by atoms with E-state index in [1.165, 1.54) is 21.0 Å². The fourth-order valence-corrected chi connectivity index (χ4v) is 4.81. The molecule has 1 saturated heterocycles. The number of rotatable bonds is 6. The molecule has 1 aromatic carbocycles. The molecule has 0 N–H and O–H groups in total. The van der Waals surface area contributed by atoms with Crippen molar-refractivity contribution in [2.24, 2.45) is 9.98 Å². The van der Waals surface area contributed by atoms with Crippen LogP contribution in [0.4, 0.5) is 11.6 Å². The number of anilines is 1. The first-order chi connectivity index (χ1) is 16.7. The summed E-state index contributed by atoms with van der Waals surface area (Å²) in [5, 5.41) is 20.7. The second-order valence-electron chi connectivity index (χ2n) is 7.24. The Kier molecular flexibility index (Phi) is 6.70. The van der Waals surface area contributed by atoms with E-state index in [0.29, 0.717) is 42.9 Å². The summed E-state index contributed by atoms with van der Waals surface area (Å²) < 4.78 is 10.5. The average Bonchev–Trinajstić information content (AvgIpc) is 3.61. The number of thiophene rings is 1. The second-order valence-corrected chi connectivity index (χ2v) is 9.16. The number of carbonyl (C=O) groups is 1. The molecule has 0 bridgehead atoms. The van der Waals surface area contributed by atoms with Crippen molar-refractivity contribution in [3.63, 3.8) is 0 Å². The molecule has 2 aromatic heterocycles. The zero-order valence-corrected chi connectivity index (χ0v) is 19.6. The smallest absolute Gasteiger partial charge is 0.324 e. The summed E-state index contributed by atoms with van der Waals surface area (Å²) >= 11 is 2.67. The Bertz CT molecular complexity index is 1230. The van der Waals surface area contributed by atoms with Crippen LogP contribution in [0.15, 0.2) is 74.2 Å². The van der Waals surface area contributed by atoms with Gasteiger partial charge in [0.25, 0.3) is 12.1 Å². The number of morpholine rings is 1. The van der Waals surface area contributed by atoms with E-state index in [-0.39, 0.29) is 17.5 Å². The molecule has 1 fully saturated rings. The van der Waals surface area contributed by atoms with Crippen molar-refractivity contribution in [3.05, 3.63) is 64.6 Å². The van der Waals surface area contributed by atoms with E-state index in [1.807, 2.05) is 52.9 Å². The number of nitrogens with zero attached hydrogens (tertiary/aromatic N) is 6. The Morgan fingerprint density at radius 1 is 1.24 bits per heavy atom. The Morgan fingerprint density at radius 2 is 2.06 bits per heavy atom. The fraction of sp³-hybridized carbons (Fsp3) is 0.227. The van der Waals surface area contributed by atoms with Crippen LogP contribution in [0.3, 0.4) is 0 Å². The van der Waals surface area contributed by atoms with E-state index >= 15 is 0 Å². The molecule has 0 spiro atoms. The Hall–Kier alpha value is -3.48. The number of aliphatic imine (C=N–C) groups is 2. The molecule has 2 aliphatic rings. The van der Waals surface area contributed by atoms with Crippen LogP contribution >= 0.6 is 23.1 Å². The van der Waals surface area contributed by atoms with Crippen molar-refractivity contribution in [1.82, 2.24) is 5.27 Å². The lowest BCUT2D eigenvalue weighted by molar-refractivity contribution is -0.759. The molecule has 0 radical (unpaired) electrons. The number of hydrogen-bond donors (Lipinski definition) is 0. The van der Waals surface area contributed by atoms with Gasteiger partial charge in [0.05, 0.1) is 36.8 Å². The van der Waals surface area contributed by atoms with Crippen LogP contribution in [-0.4, -0.2) is 54.3 Å². The molecular formula is C22H20N6O4S2. The number of amides is 1. The largest absolute Gasteiger partial charge is 0.861 e. The van der Waals surface area contributed by atoms with Crippen molar-refractivity contribution in [2.75, 3.05) is 42.0 Å². The molecule has 34 heavy (non-hydrogen) atoms. The predicted octanol–water partition coefficient (Wildman–Crippen LogP) is 1.56. The maximum absolute atomic E-state index is 13.1. The minimum atomic E-state index is -0.422. The maximum Gasteiger partial charge on any atom is 0.324 e. The highest BCUT2D eigenvalue weighted by Gasteiger charge is 2.32. The molecular weight excluding hydrogens is 476 g/mol. The topological polar surface area (TPSA) is 110 Å². The number of aromatic nitrogens is 2. The van der Waals surface area contributed by atoms with E-state index in [9.17, 15) is 9.90 Å². The Balaban J connectivity index is 1.32. The monoisotopic (exact) mass is 496 g/mol. The summed E-state index contributed by atoms with van der Waals surface area (Å²) in [5.41, 5.74) is 1.000. The molecule has 0 aliphatic carbocycles. The zero-order chi connectivity index (χ0) is 23.3. The number of hydrogen-bond acceptors (Lipinski definition) is 10. The van der Waals surface area contributed by atoms with E-state index in [2.05, 4.69) is 15.3 Å². The summed E-state index contributed by atoms with van der Waals surface area (Å²) in [6.07, 6.45) is 3.31. The lowest BCUT2D eigenvalue weighted by Crippen LogP contribution is -2.62. The summed E-state index contributed by atoms with van der Waals surface area (Å²) in [4.78, 5) is 25.6. The molecule has 0 saturated carbocycles. The van der Waals surface area contributed by atoms with E-state index in [4.69, 9.17) is 9.26 Å². The third kappa shape index (κ3) is 5.03. The first-order valence-electron chi connectivity index (χ1n) is 10.5. The van der Waals surface area contributed by atoms with Crippen LogP contribution in [-0.2, 0) is 9.53 Å². The number of amidine groups is 1. The van der Waals surface area contributed by atoms with Gasteiger partial charge in [-0.25, -0.2) is 9.98 Å². The molecule has 1 amide bonds. The van der Waals surface area contributed by atoms with Crippen LogP contribution < -0.4 is 19.8 Å². The van der Waals surface area contributed by atoms with Gasteiger partial charge in [-0.1, -0.05) is 36.0 Å². The molecule has 2 aliphatic heterocycles. The van der Waals surface area contributed by atoms with Gasteiger partial charge >= 0.3 is 5.88 Å². The van der Waals surface area contributed by atoms with Gasteiger partial charge in [-0.2, -0.15) is 0 Å². The van der Waals surface area contributed by atoms with E-state index in [1.54, 1.807) is 12.3 Å². The molecule has 5 rings (SSSR count). The number of benzene rings is 1. The predicted molar refractivity (Wildman–Crippen MR) is 129 cm³/mol. The minimum absolute atomic E-state index is 0.0139. The van der Waals surface area contributed by atoms with E-state index in [0.717, 1.165) is 16.6 Å². The number of carbonyl (C=O) groups excluding carboxylic acids is 1. The quantitative estimate of drug-likeness (QED) is 0.220. The van der Waals surface area contributed by atoms with E-state index < -0.39 is 5.90 Å². The van der Waals surface area contributed by atoms with Gasteiger partial charge in [-0.05, 0) is 35.6 Å². The first-order valence-corrected chi connectivity index (χ1v) is 12.4. The molecule has 3 aromatic rings. The van der Waals surface area contributed by atoms with Gasteiger partial charge in [0.1, 0.15) is 5.70 Å².